The Kier molecular flexibility index (Phi) is 9.08. The minimum atomic E-state index is -0.151. The van der Waals surface area contributed by atoms with Gasteiger partial charge in [0.15, 0.2) is 0 Å². The molecule has 0 aliphatic carbocycles. The second-order valence-corrected chi connectivity index (χ2v) is 12.8. The lowest BCUT2D eigenvalue weighted by molar-refractivity contribution is 0.468. The van der Waals surface area contributed by atoms with Crippen LogP contribution < -0.4 is 0 Å². The van der Waals surface area contributed by atoms with Crippen LogP contribution in [0.4, 0.5) is 22.7 Å². The normalized spacial score (nSPS) is 12.1. The number of phenolic OH excluding ortho intramolecular Hbond substituents is 4. The summed E-state index contributed by atoms with van der Waals surface area (Å²) < 4.78 is 11.9. The Morgan fingerprint density at radius 2 is 0.534 bits per heavy atom. The monoisotopic (exact) mass is 764 g/mol. The first-order valence-electron chi connectivity index (χ1n) is 17.7. The first-order valence-corrected chi connectivity index (χ1v) is 17.7. The third kappa shape index (κ3) is 6.73. The van der Waals surface area contributed by atoms with Gasteiger partial charge in [-0.2, -0.15) is 0 Å². The zero-order valence-electron chi connectivity index (χ0n) is 30.0. The Labute approximate surface area is 328 Å². The number of hydrogen-bond donors (Lipinski definition) is 4. The minimum absolute atomic E-state index is 0.0213. The van der Waals surface area contributed by atoms with Gasteiger partial charge in [0, 0.05) is 47.1 Å². The van der Waals surface area contributed by atoms with E-state index in [0.717, 1.165) is 0 Å². The molecule has 6 aromatic carbocycles. The number of nitrogens with zero attached hydrogens (tertiary/aromatic N) is 8. The SMILES string of the molecule is Oc1c2cccc1-c1nnc(o1)-c1cccc(c1O)C=Nc1ccccc1N=Cc1cccc(c1O)-c1nnc(o1)-c1cccc(c1O)C=Nc1ccccc1N=C2. The number of phenols is 4. The standard InChI is InChI=1S/C44H28N8O6/c53-37-25-9-5-13-29(37)41-49-51-43(57-41)31-15-7-11-27(39(31)55)23-47-35-19-3-4-20-36(35)48-24-28-12-8-16-32(40(28)56)44-52-50-42(58-44)30-14-6-10-26(38(30)54)22-46-34-18-2-1-17-33(34)45-21-25/h1-24,53-56H. The first kappa shape index (κ1) is 35.2. The predicted octanol–water partition coefficient (Wildman–Crippen LogP) is 9.26. The lowest BCUT2D eigenvalue weighted by atomic mass is 10.1. The van der Waals surface area contributed by atoms with Crippen molar-refractivity contribution < 1.29 is 29.3 Å². The maximum Gasteiger partial charge on any atom is 0.251 e. The lowest BCUT2D eigenvalue weighted by Gasteiger charge is -2.06. The van der Waals surface area contributed by atoms with E-state index in [-0.39, 0.29) is 68.8 Å². The molecule has 12 bridgehead atoms. The molecule has 0 radical (unpaired) electrons. The fourth-order valence-electron chi connectivity index (χ4n) is 6.16. The van der Waals surface area contributed by atoms with E-state index in [9.17, 15) is 20.4 Å². The summed E-state index contributed by atoms with van der Waals surface area (Å²) in [4.78, 5) is 18.4. The van der Waals surface area contributed by atoms with E-state index in [1.807, 2.05) is 0 Å². The van der Waals surface area contributed by atoms with Gasteiger partial charge in [-0.1, -0.05) is 48.5 Å². The van der Waals surface area contributed by atoms with Crippen LogP contribution in [0.3, 0.4) is 0 Å². The third-order valence-corrected chi connectivity index (χ3v) is 9.17. The summed E-state index contributed by atoms with van der Waals surface area (Å²) in [5.74, 6) is -0.519. The number of aromatic hydroxyl groups is 4. The molecule has 0 saturated heterocycles. The molecule has 280 valence electrons. The highest BCUT2D eigenvalue weighted by molar-refractivity contribution is 5.94. The first-order chi connectivity index (χ1) is 28.4. The zero-order valence-corrected chi connectivity index (χ0v) is 30.0. The fraction of sp³-hybridized carbons (Fsp3) is 0. The Bertz CT molecular complexity index is 2590. The highest BCUT2D eigenvalue weighted by Gasteiger charge is 2.21. The Hall–Kier alpha value is -8.52. The van der Waals surface area contributed by atoms with Crippen LogP contribution in [0.25, 0.3) is 45.8 Å². The van der Waals surface area contributed by atoms with Crippen LogP contribution in [0.5, 0.6) is 23.0 Å². The number of aliphatic imine (C=N–C) groups is 4. The molecule has 9 rings (SSSR count). The number of aromatic nitrogens is 4. The number of para-hydroxylation sites is 8. The van der Waals surface area contributed by atoms with Gasteiger partial charge in [0.25, 0.3) is 23.6 Å². The largest absolute Gasteiger partial charge is 0.506 e. The Morgan fingerprint density at radius 3 is 0.776 bits per heavy atom. The predicted molar refractivity (Wildman–Crippen MR) is 219 cm³/mol. The van der Waals surface area contributed by atoms with E-state index in [2.05, 4.69) is 40.4 Å². The Balaban J connectivity index is 1.16. The van der Waals surface area contributed by atoms with Crippen LogP contribution >= 0.6 is 0 Å². The summed E-state index contributed by atoms with van der Waals surface area (Å²) in [7, 11) is 0. The molecule has 0 amide bonds. The second-order valence-electron chi connectivity index (χ2n) is 12.8. The summed E-state index contributed by atoms with van der Waals surface area (Å²) in [6.45, 7) is 0. The average molecular weight is 765 g/mol. The molecule has 2 aromatic heterocycles. The smallest absolute Gasteiger partial charge is 0.251 e. The van der Waals surface area contributed by atoms with Crippen molar-refractivity contribution in [2.24, 2.45) is 20.0 Å². The number of benzene rings is 6. The molecule has 4 N–H and O–H groups in total. The maximum atomic E-state index is 11.3. The molecule has 1 aliphatic heterocycles. The van der Waals surface area contributed by atoms with E-state index in [4.69, 9.17) is 8.83 Å². The van der Waals surface area contributed by atoms with Crippen molar-refractivity contribution in [2.75, 3.05) is 0 Å². The van der Waals surface area contributed by atoms with Gasteiger partial charge in [0.05, 0.1) is 45.0 Å². The summed E-state index contributed by atoms with van der Waals surface area (Å²) in [6.07, 6.45) is 5.95. The van der Waals surface area contributed by atoms with Crippen LogP contribution in [0.2, 0.25) is 0 Å². The molecule has 3 heterocycles. The second kappa shape index (κ2) is 15.0. The molecule has 58 heavy (non-hydrogen) atoms. The van der Waals surface area contributed by atoms with Crippen molar-refractivity contribution in [1.29, 1.82) is 0 Å². The van der Waals surface area contributed by atoms with E-state index in [1.54, 1.807) is 121 Å². The van der Waals surface area contributed by atoms with Crippen LogP contribution in [-0.4, -0.2) is 65.7 Å². The molecule has 14 heteroatoms. The van der Waals surface area contributed by atoms with E-state index in [0.29, 0.717) is 45.0 Å². The highest BCUT2D eigenvalue weighted by Crippen LogP contribution is 2.39. The molecule has 8 aromatic rings. The third-order valence-electron chi connectivity index (χ3n) is 9.17. The molecule has 1 aliphatic rings. The summed E-state index contributed by atoms with van der Waals surface area (Å²) >= 11 is 0. The molecule has 0 unspecified atom stereocenters. The zero-order chi connectivity index (χ0) is 39.6. The minimum Gasteiger partial charge on any atom is -0.506 e. The molecule has 0 saturated carbocycles. The maximum absolute atomic E-state index is 11.3. The Morgan fingerprint density at radius 1 is 0.293 bits per heavy atom. The number of fused-ring (bicyclic) bond motifs is 18. The van der Waals surface area contributed by atoms with Crippen molar-refractivity contribution in [1.82, 2.24) is 20.4 Å². The molecule has 0 fully saturated rings. The molecular weight excluding hydrogens is 737 g/mol. The van der Waals surface area contributed by atoms with Gasteiger partial charge in [-0.25, -0.2) is 0 Å². The van der Waals surface area contributed by atoms with Crippen LogP contribution in [0.15, 0.2) is 150 Å². The van der Waals surface area contributed by atoms with Crippen LogP contribution in [0.1, 0.15) is 22.3 Å². The highest BCUT2D eigenvalue weighted by atomic mass is 16.4. The van der Waals surface area contributed by atoms with Crippen molar-refractivity contribution >= 4 is 47.6 Å². The average Bonchev–Trinajstić information content (AvgIpc) is 3.94. The summed E-state index contributed by atoms with van der Waals surface area (Å²) in [5, 5.41) is 61.8. The van der Waals surface area contributed by atoms with Crippen LogP contribution in [0, 0.1) is 0 Å². The molecule has 0 spiro atoms. The lowest BCUT2D eigenvalue weighted by Crippen LogP contribution is -1.88. The molecule has 0 atom stereocenters. The van der Waals surface area contributed by atoms with Gasteiger partial charge < -0.3 is 29.3 Å². The van der Waals surface area contributed by atoms with Gasteiger partial charge in [0.1, 0.15) is 23.0 Å². The van der Waals surface area contributed by atoms with E-state index in [1.165, 1.54) is 24.9 Å². The van der Waals surface area contributed by atoms with Crippen LogP contribution in [-0.2, 0) is 0 Å². The van der Waals surface area contributed by atoms with Crippen molar-refractivity contribution in [3.63, 3.8) is 0 Å². The summed E-state index contributed by atoms with van der Waals surface area (Å²) in [5.41, 5.74) is 4.42. The van der Waals surface area contributed by atoms with Gasteiger partial charge in [-0.3, -0.25) is 20.0 Å². The van der Waals surface area contributed by atoms with E-state index >= 15 is 0 Å². The van der Waals surface area contributed by atoms with Crippen molar-refractivity contribution in [3.05, 3.63) is 144 Å². The summed E-state index contributed by atoms with van der Waals surface area (Å²) in [6, 6.07) is 34.3. The number of hydrogen-bond acceptors (Lipinski definition) is 14. The van der Waals surface area contributed by atoms with Gasteiger partial charge in [0.2, 0.25) is 0 Å². The molecular formula is C44H28N8O6. The quantitative estimate of drug-likeness (QED) is 0.115. The molecule has 14 nitrogen and oxygen atoms in total. The topological polar surface area (TPSA) is 208 Å². The van der Waals surface area contributed by atoms with Crippen molar-refractivity contribution in [2.45, 2.75) is 0 Å². The number of rotatable bonds is 0. The fourth-order valence-corrected chi connectivity index (χ4v) is 6.16. The van der Waals surface area contributed by atoms with Crippen molar-refractivity contribution in [3.8, 4) is 68.8 Å². The van der Waals surface area contributed by atoms with E-state index < -0.39 is 0 Å². The van der Waals surface area contributed by atoms with Gasteiger partial charge in [-0.15, -0.1) is 20.4 Å². The van der Waals surface area contributed by atoms with Gasteiger partial charge >= 0.3 is 0 Å². The van der Waals surface area contributed by atoms with Gasteiger partial charge in [-0.05, 0) is 72.8 Å².